The van der Waals surface area contributed by atoms with Crippen LogP contribution < -0.4 is 0 Å². The highest BCUT2D eigenvalue weighted by molar-refractivity contribution is 7.98. The molecule has 22 heavy (non-hydrogen) atoms. The first-order valence-electron chi connectivity index (χ1n) is 7.15. The number of aromatic nitrogens is 4. The molecule has 4 nitrogen and oxygen atoms in total. The molecule has 0 saturated carbocycles. The van der Waals surface area contributed by atoms with Crippen LogP contribution in [0.1, 0.15) is 31.0 Å². The second-order valence-corrected chi connectivity index (χ2v) is 7.23. The van der Waals surface area contributed by atoms with Crippen LogP contribution in [0.25, 0.3) is 10.6 Å². The molecule has 1 aromatic carbocycles. The Morgan fingerprint density at radius 1 is 1.23 bits per heavy atom. The Balaban J connectivity index is 1.69. The maximum absolute atomic E-state index is 4.72. The number of thioether (sulfide) groups is 1. The Hall–Kier alpha value is -1.66. The quantitative estimate of drug-likeness (QED) is 0.652. The smallest absolute Gasteiger partial charge is 0.191 e. The average molecular weight is 330 g/mol. The Morgan fingerprint density at radius 3 is 2.64 bits per heavy atom. The van der Waals surface area contributed by atoms with Crippen LogP contribution in [0.2, 0.25) is 0 Å². The summed E-state index contributed by atoms with van der Waals surface area (Å²) in [6.07, 6.45) is 1.71. The maximum atomic E-state index is 4.72. The zero-order valence-corrected chi connectivity index (χ0v) is 14.5. The highest BCUT2D eigenvalue weighted by Gasteiger charge is 2.08. The van der Waals surface area contributed by atoms with Crippen molar-refractivity contribution in [1.29, 1.82) is 0 Å². The number of rotatable bonds is 5. The third-order valence-corrected chi connectivity index (χ3v) is 5.40. The van der Waals surface area contributed by atoms with Crippen LogP contribution in [-0.2, 0) is 12.8 Å². The van der Waals surface area contributed by atoms with E-state index < -0.39 is 0 Å². The van der Waals surface area contributed by atoms with E-state index in [0.717, 1.165) is 21.6 Å². The van der Waals surface area contributed by atoms with Gasteiger partial charge < -0.3 is 4.57 Å². The van der Waals surface area contributed by atoms with Crippen molar-refractivity contribution < 1.29 is 0 Å². The first-order chi connectivity index (χ1) is 10.6. The fourth-order valence-electron chi connectivity index (χ4n) is 2.06. The van der Waals surface area contributed by atoms with E-state index in [1.807, 2.05) is 11.6 Å². The lowest BCUT2D eigenvalue weighted by molar-refractivity contribution is 0.788. The van der Waals surface area contributed by atoms with Crippen molar-refractivity contribution in [3.05, 3.63) is 47.2 Å². The Labute approximate surface area is 138 Å². The van der Waals surface area contributed by atoms with Gasteiger partial charge in [0.25, 0.3) is 0 Å². The minimum Gasteiger partial charge on any atom is -0.312 e. The summed E-state index contributed by atoms with van der Waals surface area (Å²) in [6, 6.07) is 8.70. The van der Waals surface area contributed by atoms with Crippen molar-refractivity contribution in [2.75, 3.05) is 0 Å². The minimum atomic E-state index is 0.559. The molecule has 2 heterocycles. The second kappa shape index (κ2) is 6.62. The lowest BCUT2D eigenvalue weighted by Gasteiger charge is -2.05. The Morgan fingerprint density at radius 2 is 2.00 bits per heavy atom. The van der Waals surface area contributed by atoms with Crippen molar-refractivity contribution in [2.24, 2.45) is 7.05 Å². The largest absolute Gasteiger partial charge is 0.312 e. The summed E-state index contributed by atoms with van der Waals surface area (Å²) < 4.78 is 1.92. The molecule has 3 rings (SSSR count). The molecule has 114 valence electrons. The molecular weight excluding hydrogens is 312 g/mol. The molecule has 0 atom stereocenters. The van der Waals surface area contributed by atoms with Crippen molar-refractivity contribution in [3.8, 4) is 10.6 Å². The van der Waals surface area contributed by atoms with Gasteiger partial charge in [-0.05, 0) is 11.5 Å². The Kier molecular flexibility index (Phi) is 4.59. The van der Waals surface area contributed by atoms with Crippen LogP contribution in [0.5, 0.6) is 0 Å². The second-order valence-electron chi connectivity index (χ2n) is 5.43. The van der Waals surface area contributed by atoms with Crippen LogP contribution in [0.3, 0.4) is 0 Å². The van der Waals surface area contributed by atoms with E-state index >= 15 is 0 Å². The fraction of sp³-hybridized carbons (Fsp3) is 0.312. The average Bonchev–Trinajstić information content (AvgIpc) is 3.14. The third kappa shape index (κ3) is 3.39. The fourth-order valence-corrected chi connectivity index (χ4v) is 3.77. The summed E-state index contributed by atoms with van der Waals surface area (Å²) in [7, 11) is 1.95. The molecule has 0 saturated heterocycles. The zero-order chi connectivity index (χ0) is 15.5. The van der Waals surface area contributed by atoms with E-state index in [2.05, 4.69) is 53.7 Å². The number of thiazole rings is 1. The van der Waals surface area contributed by atoms with Gasteiger partial charge in [-0.15, -0.1) is 21.5 Å². The molecule has 0 aliphatic heterocycles. The van der Waals surface area contributed by atoms with Crippen LogP contribution in [0.15, 0.2) is 41.1 Å². The molecule has 3 aromatic rings. The van der Waals surface area contributed by atoms with Gasteiger partial charge in [0.1, 0.15) is 11.3 Å². The van der Waals surface area contributed by atoms with Crippen LogP contribution in [0.4, 0.5) is 0 Å². The number of hydrogen-bond acceptors (Lipinski definition) is 5. The summed E-state index contributed by atoms with van der Waals surface area (Å²) in [4.78, 5) is 4.72. The van der Waals surface area contributed by atoms with Gasteiger partial charge in [0, 0.05) is 23.7 Å². The van der Waals surface area contributed by atoms with Crippen molar-refractivity contribution >= 4 is 23.1 Å². The number of nitrogens with zero attached hydrogens (tertiary/aromatic N) is 4. The first-order valence-corrected chi connectivity index (χ1v) is 9.01. The number of benzene rings is 1. The van der Waals surface area contributed by atoms with Gasteiger partial charge >= 0.3 is 0 Å². The van der Waals surface area contributed by atoms with Gasteiger partial charge in [-0.2, -0.15) is 0 Å². The van der Waals surface area contributed by atoms with Crippen LogP contribution in [-0.4, -0.2) is 19.7 Å². The summed E-state index contributed by atoms with van der Waals surface area (Å²) in [5.41, 5.74) is 3.63. The molecule has 6 heteroatoms. The van der Waals surface area contributed by atoms with E-state index in [9.17, 15) is 0 Å². The summed E-state index contributed by atoms with van der Waals surface area (Å²) >= 11 is 3.35. The zero-order valence-electron chi connectivity index (χ0n) is 12.9. The predicted molar refractivity (Wildman–Crippen MR) is 92.2 cm³/mol. The monoisotopic (exact) mass is 330 g/mol. The van der Waals surface area contributed by atoms with Gasteiger partial charge in [0.15, 0.2) is 5.16 Å². The summed E-state index contributed by atoms with van der Waals surface area (Å²) in [5, 5.41) is 12.1. The lowest BCUT2D eigenvalue weighted by atomic mass is 10.0. The van der Waals surface area contributed by atoms with Gasteiger partial charge in [-0.25, -0.2) is 4.98 Å². The van der Waals surface area contributed by atoms with Crippen molar-refractivity contribution in [1.82, 2.24) is 19.7 Å². The Bertz CT molecular complexity index is 744. The molecule has 0 bridgehead atoms. The van der Waals surface area contributed by atoms with E-state index in [4.69, 9.17) is 4.98 Å². The number of hydrogen-bond donors (Lipinski definition) is 0. The molecule has 0 aliphatic rings. The van der Waals surface area contributed by atoms with E-state index in [-0.39, 0.29) is 0 Å². The van der Waals surface area contributed by atoms with Gasteiger partial charge in [0.05, 0.1) is 5.69 Å². The SMILES string of the molecule is CC(C)c1ccc(-c2nc(CSc3nncn3C)cs2)cc1. The molecule has 0 amide bonds. The summed E-state index contributed by atoms with van der Waals surface area (Å²) in [5.74, 6) is 1.37. The van der Waals surface area contributed by atoms with Crippen LogP contribution >= 0.6 is 23.1 Å². The highest BCUT2D eigenvalue weighted by Crippen LogP contribution is 2.28. The molecule has 0 aliphatic carbocycles. The normalized spacial score (nSPS) is 11.3. The van der Waals surface area contributed by atoms with Crippen molar-refractivity contribution in [2.45, 2.75) is 30.7 Å². The molecule has 0 N–H and O–H groups in total. The number of aryl methyl sites for hydroxylation is 1. The van der Waals surface area contributed by atoms with Gasteiger partial charge in [0.2, 0.25) is 0 Å². The van der Waals surface area contributed by atoms with Gasteiger partial charge in [-0.3, -0.25) is 0 Å². The maximum Gasteiger partial charge on any atom is 0.191 e. The van der Waals surface area contributed by atoms with E-state index in [1.165, 1.54) is 11.1 Å². The standard InChI is InChI=1S/C16H18N4S2/c1-11(2)12-4-6-13(7-5-12)15-18-14(8-21-15)9-22-16-19-17-10-20(16)3/h4-8,10-11H,9H2,1-3H3. The topological polar surface area (TPSA) is 43.6 Å². The molecule has 2 aromatic heterocycles. The lowest BCUT2D eigenvalue weighted by Crippen LogP contribution is -1.90. The molecule has 0 fully saturated rings. The van der Waals surface area contributed by atoms with E-state index in [1.54, 1.807) is 29.4 Å². The minimum absolute atomic E-state index is 0.559. The van der Waals surface area contributed by atoms with Crippen molar-refractivity contribution in [3.63, 3.8) is 0 Å². The third-order valence-electron chi connectivity index (χ3n) is 3.40. The van der Waals surface area contributed by atoms with Crippen LogP contribution in [0, 0.1) is 0 Å². The molecule has 0 spiro atoms. The first kappa shape index (κ1) is 15.2. The summed E-state index contributed by atoms with van der Waals surface area (Å²) in [6.45, 7) is 4.42. The molecule has 0 unspecified atom stereocenters. The predicted octanol–water partition coefficient (Wildman–Crippen LogP) is 4.35. The molecule has 0 radical (unpaired) electrons. The molecular formula is C16H18N4S2. The van der Waals surface area contributed by atoms with Gasteiger partial charge in [-0.1, -0.05) is 49.9 Å². The van der Waals surface area contributed by atoms with E-state index in [0.29, 0.717) is 5.92 Å². The highest BCUT2D eigenvalue weighted by atomic mass is 32.2.